The van der Waals surface area contributed by atoms with E-state index in [0.29, 0.717) is 12.8 Å². The van der Waals surface area contributed by atoms with Gasteiger partial charge in [0.25, 0.3) is 0 Å². The van der Waals surface area contributed by atoms with Crippen molar-refractivity contribution in [3.63, 3.8) is 0 Å². The highest BCUT2D eigenvalue weighted by molar-refractivity contribution is 6.00. The number of carbonyl (C=O) groups is 3. The van der Waals surface area contributed by atoms with Gasteiger partial charge in [-0.25, -0.2) is 9.78 Å². The lowest BCUT2D eigenvalue weighted by Crippen LogP contribution is -2.46. The van der Waals surface area contributed by atoms with Gasteiger partial charge >= 0.3 is 6.09 Å². The molecule has 9 nitrogen and oxygen atoms in total. The van der Waals surface area contributed by atoms with Gasteiger partial charge in [-0.2, -0.15) is 0 Å². The van der Waals surface area contributed by atoms with Crippen LogP contribution in [0.15, 0.2) is 24.5 Å². The number of ether oxygens (including phenoxy) is 1. The third kappa shape index (κ3) is 4.81. The van der Waals surface area contributed by atoms with E-state index in [-0.39, 0.29) is 23.9 Å². The normalized spacial score (nSPS) is 20.6. The Morgan fingerprint density at radius 1 is 1.19 bits per heavy atom. The Kier molecular flexibility index (Phi) is 5.60. The van der Waals surface area contributed by atoms with Gasteiger partial charge < -0.3 is 19.5 Å². The second kappa shape index (κ2) is 8.20. The van der Waals surface area contributed by atoms with E-state index in [9.17, 15) is 14.4 Å². The molecule has 0 radical (unpaired) electrons. The van der Waals surface area contributed by atoms with Gasteiger partial charge in [-0.1, -0.05) is 0 Å². The molecule has 3 amide bonds. The number of imide groups is 1. The SMILES string of the molecule is CC(C)(C)OC(=O)NC1CCN(c2ccc3c(c2)ncn3C2CCC(=O)NC2=O)CC1. The maximum absolute atomic E-state index is 12.2. The molecule has 0 bridgehead atoms. The number of nitrogens with zero attached hydrogens (tertiary/aromatic N) is 3. The van der Waals surface area contributed by atoms with Crippen molar-refractivity contribution < 1.29 is 19.1 Å². The average Bonchev–Trinajstić information content (AvgIpc) is 3.10. The van der Waals surface area contributed by atoms with Gasteiger partial charge in [0.05, 0.1) is 17.4 Å². The van der Waals surface area contributed by atoms with Gasteiger partial charge in [0.2, 0.25) is 11.8 Å². The second-order valence-electron chi connectivity index (χ2n) is 9.20. The number of benzene rings is 1. The molecular formula is C22H29N5O4. The van der Waals surface area contributed by atoms with E-state index >= 15 is 0 Å². The highest BCUT2D eigenvalue weighted by Crippen LogP contribution is 2.28. The Hall–Kier alpha value is -3.10. The van der Waals surface area contributed by atoms with Crippen LogP contribution in [0.4, 0.5) is 10.5 Å². The molecule has 9 heteroatoms. The number of anilines is 1. The third-order valence-corrected chi connectivity index (χ3v) is 5.69. The van der Waals surface area contributed by atoms with E-state index in [4.69, 9.17) is 4.74 Å². The molecule has 2 aliphatic heterocycles. The predicted molar refractivity (Wildman–Crippen MR) is 116 cm³/mol. The predicted octanol–water partition coefficient (Wildman–Crippen LogP) is 2.51. The van der Waals surface area contributed by atoms with Crippen LogP contribution >= 0.6 is 0 Å². The fraction of sp³-hybridized carbons (Fsp3) is 0.545. The molecule has 3 heterocycles. The summed E-state index contributed by atoms with van der Waals surface area (Å²) in [4.78, 5) is 42.4. The molecule has 2 aliphatic rings. The molecule has 166 valence electrons. The zero-order valence-corrected chi connectivity index (χ0v) is 18.2. The lowest BCUT2D eigenvalue weighted by molar-refractivity contribution is -0.135. The fourth-order valence-corrected chi connectivity index (χ4v) is 4.17. The van der Waals surface area contributed by atoms with Gasteiger partial charge in [0.1, 0.15) is 11.6 Å². The van der Waals surface area contributed by atoms with E-state index in [1.807, 2.05) is 43.5 Å². The molecule has 1 aromatic heterocycles. The van der Waals surface area contributed by atoms with Crippen molar-refractivity contribution in [1.29, 1.82) is 0 Å². The summed E-state index contributed by atoms with van der Waals surface area (Å²) in [6.07, 6.45) is 3.79. The molecule has 1 unspecified atom stereocenters. The summed E-state index contributed by atoms with van der Waals surface area (Å²) in [5.41, 5.74) is 2.25. The van der Waals surface area contributed by atoms with E-state index < -0.39 is 11.6 Å². The molecular weight excluding hydrogens is 398 g/mol. The monoisotopic (exact) mass is 427 g/mol. The van der Waals surface area contributed by atoms with Crippen molar-refractivity contribution in [2.45, 2.75) is 64.1 Å². The third-order valence-electron chi connectivity index (χ3n) is 5.69. The lowest BCUT2D eigenvalue weighted by atomic mass is 10.0. The Morgan fingerprint density at radius 3 is 2.61 bits per heavy atom. The number of alkyl carbamates (subject to hydrolysis) is 1. The molecule has 2 saturated heterocycles. The van der Waals surface area contributed by atoms with Gasteiger partial charge in [-0.05, 0) is 58.2 Å². The summed E-state index contributed by atoms with van der Waals surface area (Å²) in [6, 6.07) is 5.73. The van der Waals surface area contributed by atoms with Crippen LogP contribution in [0.3, 0.4) is 0 Å². The van der Waals surface area contributed by atoms with Crippen LogP contribution in [0, 0.1) is 0 Å². The molecule has 1 aromatic carbocycles. The van der Waals surface area contributed by atoms with Crippen LogP contribution in [-0.4, -0.2) is 52.2 Å². The number of carbonyl (C=O) groups excluding carboxylic acids is 3. The first kappa shape index (κ1) is 21.1. The topological polar surface area (TPSA) is 106 Å². The van der Waals surface area contributed by atoms with Crippen molar-refractivity contribution >= 4 is 34.6 Å². The second-order valence-corrected chi connectivity index (χ2v) is 9.20. The first-order chi connectivity index (χ1) is 14.7. The minimum absolute atomic E-state index is 0.0987. The van der Waals surface area contributed by atoms with Crippen molar-refractivity contribution in [3.05, 3.63) is 24.5 Å². The number of nitrogens with one attached hydrogen (secondary N) is 2. The summed E-state index contributed by atoms with van der Waals surface area (Å²) in [6.45, 7) is 7.20. The highest BCUT2D eigenvalue weighted by atomic mass is 16.6. The summed E-state index contributed by atoms with van der Waals surface area (Å²) in [7, 11) is 0. The number of amides is 3. The minimum atomic E-state index is -0.503. The summed E-state index contributed by atoms with van der Waals surface area (Å²) < 4.78 is 7.19. The van der Waals surface area contributed by atoms with Crippen molar-refractivity contribution in [2.24, 2.45) is 0 Å². The standard InChI is InChI=1S/C22H29N5O4/c1-22(2,3)31-21(30)24-14-8-10-26(11-9-14)15-4-5-17-16(12-15)23-13-27(17)18-6-7-19(28)25-20(18)29/h4-5,12-14,18H,6-11H2,1-3H3,(H,24,30)(H,25,28,29). The molecule has 2 aromatic rings. The average molecular weight is 428 g/mol. The number of piperidine rings is 2. The molecule has 0 spiro atoms. The quantitative estimate of drug-likeness (QED) is 0.729. The van der Waals surface area contributed by atoms with Gasteiger partial charge in [-0.3, -0.25) is 14.9 Å². The Morgan fingerprint density at radius 2 is 1.94 bits per heavy atom. The first-order valence-electron chi connectivity index (χ1n) is 10.7. The van der Waals surface area contributed by atoms with Gasteiger partial charge in [0.15, 0.2) is 0 Å². The molecule has 2 N–H and O–H groups in total. The molecule has 4 rings (SSSR count). The number of fused-ring (bicyclic) bond motifs is 1. The zero-order valence-electron chi connectivity index (χ0n) is 18.2. The fourth-order valence-electron chi connectivity index (χ4n) is 4.17. The summed E-state index contributed by atoms with van der Waals surface area (Å²) in [5.74, 6) is -0.503. The number of imidazole rings is 1. The number of hydrogen-bond acceptors (Lipinski definition) is 6. The van der Waals surface area contributed by atoms with Crippen LogP contribution in [-0.2, 0) is 14.3 Å². The maximum Gasteiger partial charge on any atom is 0.407 e. The first-order valence-corrected chi connectivity index (χ1v) is 10.7. The van der Waals surface area contributed by atoms with Crippen molar-refractivity contribution in [2.75, 3.05) is 18.0 Å². The Balaban J connectivity index is 1.39. The van der Waals surface area contributed by atoms with Crippen LogP contribution in [0.5, 0.6) is 0 Å². The van der Waals surface area contributed by atoms with E-state index in [2.05, 4.69) is 20.5 Å². The molecule has 1 atom stereocenters. The van der Waals surface area contributed by atoms with Crippen molar-refractivity contribution in [3.8, 4) is 0 Å². The number of rotatable bonds is 3. The molecule has 0 aliphatic carbocycles. The van der Waals surface area contributed by atoms with E-state index in [1.54, 1.807) is 6.33 Å². The largest absolute Gasteiger partial charge is 0.444 e. The van der Waals surface area contributed by atoms with Crippen LogP contribution in [0.2, 0.25) is 0 Å². The Bertz CT molecular complexity index is 1000. The smallest absolute Gasteiger partial charge is 0.407 e. The minimum Gasteiger partial charge on any atom is -0.444 e. The molecule has 31 heavy (non-hydrogen) atoms. The highest BCUT2D eigenvalue weighted by Gasteiger charge is 2.29. The summed E-state index contributed by atoms with van der Waals surface area (Å²) in [5, 5.41) is 5.36. The Labute approximate surface area is 181 Å². The van der Waals surface area contributed by atoms with Crippen LogP contribution < -0.4 is 15.5 Å². The number of aromatic nitrogens is 2. The number of hydrogen-bond donors (Lipinski definition) is 2. The van der Waals surface area contributed by atoms with Gasteiger partial charge in [-0.15, -0.1) is 0 Å². The van der Waals surface area contributed by atoms with Crippen LogP contribution in [0.1, 0.15) is 52.5 Å². The van der Waals surface area contributed by atoms with Crippen LogP contribution in [0.25, 0.3) is 11.0 Å². The zero-order chi connectivity index (χ0) is 22.2. The summed E-state index contributed by atoms with van der Waals surface area (Å²) >= 11 is 0. The van der Waals surface area contributed by atoms with E-state index in [1.165, 1.54) is 0 Å². The van der Waals surface area contributed by atoms with Crippen molar-refractivity contribution in [1.82, 2.24) is 20.2 Å². The maximum atomic E-state index is 12.2. The van der Waals surface area contributed by atoms with E-state index in [0.717, 1.165) is 42.7 Å². The van der Waals surface area contributed by atoms with Gasteiger partial charge in [0, 0.05) is 31.2 Å². The molecule has 0 saturated carbocycles. The molecule has 2 fully saturated rings. The lowest BCUT2D eigenvalue weighted by Gasteiger charge is -2.34.